The molecule has 0 fully saturated rings. The fraction of sp³-hybridized carbons (Fsp3) is 0.562. The maximum Gasteiger partial charge on any atom is 0.265 e. The van der Waals surface area contributed by atoms with Gasteiger partial charge in [0, 0.05) is 16.6 Å². The first-order chi connectivity index (χ1) is 10.2. The average molecular weight is 357 g/mol. The van der Waals surface area contributed by atoms with Crippen LogP contribution in [0.3, 0.4) is 0 Å². The van der Waals surface area contributed by atoms with E-state index in [4.69, 9.17) is 10.6 Å². The van der Waals surface area contributed by atoms with Gasteiger partial charge in [0.1, 0.15) is 0 Å². The number of hydrogen-bond acceptors (Lipinski definition) is 3. The Morgan fingerprint density at radius 3 is 2.62 bits per heavy atom. The first kappa shape index (κ1) is 18.1. The van der Waals surface area contributed by atoms with Gasteiger partial charge in [-0.05, 0) is 24.1 Å². The third-order valence-electron chi connectivity index (χ3n) is 3.35. The maximum absolute atomic E-state index is 11.4. The Morgan fingerprint density at radius 1 is 1.24 bits per heavy atom. The van der Waals surface area contributed by atoms with Crippen molar-refractivity contribution in [1.29, 1.82) is 0 Å². The molecule has 3 N–H and O–H groups in total. The summed E-state index contributed by atoms with van der Waals surface area (Å²) >= 11 is 3.46. The van der Waals surface area contributed by atoms with Gasteiger partial charge in [0.2, 0.25) is 0 Å². The van der Waals surface area contributed by atoms with E-state index >= 15 is 0 Å². The summed E-state index contributed by atoms with van der Waals surface area (Å²) in [7, 11) is 0. The van der Waals surface area contributed by atoms with Crippen molar-refractivity contribution < 1.29 is 9.53 Å². The number of nitrogen functional groups attached to an aromatic ring is 1. The Hall–Kier alpha value is -0.910. The van der Waals surface area contributed by atoms with Gasteiger partial charge in [-0.3, -0.25) is 10.2 Å². The van der Waals surface area contributed by atoms with Crippen molar-refractivity contribution in [3.63, 3.8) is 0 Å². The molecule has 1 amide bonds. The zero-order chi connectivity index (χ0) is 15.5. The van der Waals surface area contributed by atoms with Crippen LogP contribution < -0.4 is 11.3 Å². The standard InChI is InChI=1S/C16H25BrN2O2/c1-2-3-4-5-6-7-10-21-12-14-9-8-13(11-15(14)17)16(20)19-18/h8-9,11H,2-7,10,12,18H2,1H3,(H,19,20). The van der Waals surface area contributed by atoms with Crippen LogP contribution in [-0.2, 0) is 11.3 Å². The van der Waals surface area contributed by atoms with Crippen LogP contribution in [0.1, 0.15) is 61.4 Å². The molecule has 0 aliphatic heterocycles. The number of nitrogens with one attached hydrogen (secondary N) is 1. The predicted octanol–water partition coefficient (Wildman–Crippen LogP) is 3.93. The third-order valence-corrected chi connectivity index (χ3v) is 4.08. The minimum atomic E-state index is -0.296. The van der Waals surface area contributed by atoms with E-state index in [0.717, 1.165) is 23.1 Å². The second-order valence-electron chi connectivity index (χ2n) is 5.10. The zero-order valence-corrected chi connectivity index (χ0v) is 14.2. The van der Waals surface area contributed by atoms with Gasteiger partial charge >= 0.3 is 0 Å². The molecule has 5 heteroatoms. The number of halogens is 1. The number of hydrogen-bond donors (Lipinski definition) is 2. The van der Waals surface area contributed by atoms with Crippen molar-refractivity contribution in [3.8, 4) is 0 Å². The summed E-state index contributed by atoms with van der Waals surface area (Å²) in [6.07, 6.45) is 7.57. The third kappa shape index (κ3) is 7.07. The van der Waals surface area contributed by atoms with Gasteiger partial charge in [0.15, 0.2) is 0 Å². The predicted molar refractivity (Wildman–Crippen MR) is 88.8 cm³/mol. The Bertz CT molecular complexity index is 438. The molecule has 0 radical (unpaired) electrons. The van der Waals surface area contributed by atoms with Crippen LogP contribution in [0.5, 0.6) is 0 Å². The first-order valence-corrected chi connectivity index (χ1v) is 8.35. The summed E-state index contributed by atoms with van der Waals surface area (Å²) in [6.45, 7) is 3.56. The molecule has 118 valence electrons. The molecule has 0 saturated carbocycles. The van der Waals surface area contributed by atoms with Crippen molar-refractivity contribution in [3.05, 3.63) is 33.8 Å². The van der Waals surface area contributed by atoms with E-state index in [1.165, 1.54) is 32.1 Å². The molecule has 4 nitrogen and oxygen atoms in total. The summed E-state index contributed by atoms with van der Waals surface area (Å²) in [5.74, 6) is 4.81. The first-order valence-electron chi connectivity index (χ1n) is 7.56. The van der Waals surface area contributed by atoms with Crippen LogP contribution in [0, 0.1) is 0 Å². The minimum Gasteiger partial charge on any atom is -0.377 e. The number of benzene rings is 1. The largest absolute Gasteiger partial charge is 0.377 e. The zero-order valence-electron chi connectivity index (χ0n) is 12.7. The molecule has 0 atom stereocenters. The monoisotopic (exact) mass is 356 g/mol. The topological polar surface area (TPSA) is 64.3 Å². The van der Waals surface area contributed by atoms with E-state index in [2.05, 4.69) is 28.3 Å². The van der Waals surface area contributed by atoms with Crippen LogP contribution in [0.4, 0.5) is 0 Å². The number of ether oxygens (including phenoxy) is 1. The molecule has 1 aromatic carbocycles. The van der Waals surface area contributed by atoms with Crippen molar-refractivity contribution >= 4 is 21.8 Å². The molecular weight excluding hydrogens is 332 g/mol. The van der Waals surface area contributed by atoms with Gasteiger partial charge < -0.3 is 4.74 Å². The lowest BCUT2D eigenvalue weighted by Crippen LogP contribution is -2.29. The van der Waals surface area contributed by atoms with E-state index in [1.807, 2.05) is 6.07 Å². The molecule has 21 heavy (non-hydrogen) atoms. The molecule has 0 heterocycles. The summed E-state index contributed by atoms with van der Waals surface area (Å²) in [6, 6.07) is 5.39. The highest BCUT2D eigenvalue weighted by Crippen LogP contribution is 2.19. The van der Waals surface area contributed by atoms with E-state index in [-0.39, 0.29) is 5.91 Å². The molecular formula is C16H25BrN2O2. The average Bonchev–Trinajstić information content (AvgIpc) is 2.50. The summed E-state index contributed by atoms with van der Waals surface area (Å²) < 4.78 is 6.55. The summed E-state index contributed by atoms with van der Waals surface area (Å²) in [5.41, 5.74) is 3.69. The normalized spacial score (nSPS) is 10.6. The Balaban J connectivity index is 2.25. The van der Waals surface area contributed by atoms with Gasteiger partial charge in [0.05, 0.1) is 6.61 Å². The van der Waals surface area contributed by atoms with Crippen LogP contribution >= 0.6 is 15.9 Å². The Kier molecular flexibility index (Phi) is 9.30. The van der Waals surface area contributed by atoms with Crippen LogP contribution in [0.2, 0.25) is 0 Å². The molecule has 0 aliphatic carbocycles. The Labute approximate surface area is 135 Å². The number of carbonyl (C=O) groups is 1. The van der Waals surface area contributed by atoms with Crippen molar-refractivity contribution in [2.24, 2.45) is 5.84 Å². The lowest BCUT2D eigenvalue weighted by atomic mass is 10.1. The van der Waals surface area contributed by atoms with Gasteiger partial charge in [-0.25, -0.2) is 5.84 Å². The van der Waals surface area contributed by atoms with E-state index in [1.54, 1.807) is 12.1 Å². The van der Waals surface area contributed by atoms with Gasteiger partial charge in [-0.2, -0.15) is 0 Å². The number of rotatable bonds is 10. The van der Waals surface area contributed by atoms with Crippen LogP contribution in [0.25, 0.3) is 0 Å². The van der Waals surface area contributed by atoms with E-state index in [9.17, 15) is 4.79 Å². The number of nitrogens with two attached hydrogens (primary N) is 1. The van der Waals surface area contributed by atoms with Crippen molar-refractivity contribution in [2.45, 2.75) is 52.1 Å². The summed E-state index contributed by atoms with van der Waals surface area (Å²) in [5, 5.41) is 0. The van der Waals surface area contributed by atoms with E-state index < -0.39 is 0 Å². The fourth-order valence-electron chi connectivity index (χ4n) is 2.06. The lowest BCUT2D eigenvalue weighted by Gasteiger charge is -2.08. The molecule has 1 rings (SSSR count). The van der Waals surface area contributed by atoms with Gasteiger partial charge in [-0.1, -0.05) is 61.0 Å². The molecule has 0 spiro atoms. The molecule has 1 aromatic rings. The molecule has 0 bridgehead atoms. The Morgan fingerprint density at radius 2 is 1.95 bits per heavy atom. The van der Waals surface area contributed by atoms with E-state index in [0.29, 0.717) is 12.2 Å². The maximum atomic E-state index is 11.4. The fourth-order valence-corrected chi connectivity index (χ4v) is 2.55. The van der Waals surface area contributed by atoms with Crippen molar-refractivity contribution in [1.82, 2.24) is 5.43 Å². The number of carbonyl (C=O) groups excluding carboxylic acids is 1. The van der Waals surface area contributed by atoms with Crippen molar-refractivity contribution in [2.75, 3.05) is 6.61 Å². The smallest absolute Gasteiger partial charge is 0.265 e. The molecule has 0 saturated heterocycles. The lowest BCUT2D eigenvalue weighted by molar-refractivity contribution is 0.0953. The number of unbranched alkanes of at least 4 members (excludes halogenated alkanes) is 5. The molecule has 0 unspecified atom stereocenters. The SMILES string of the molecule is CCCCCCCCOCc1ccc(C(=O)NN)cc1Br. The highest BCUT2D eigenvalue weighted by Gasteiger charge is 2.07. The van der Waals surface area contributed by atoms with Crippen LogP contribution in [-0.4, -0.2) is 12.5 Å². The second-order valence-corrected chi connectivity index (χ2v) is 5.95. The number of hydrazine groups is 1. The van der Waals surface area contributed by atoms with Gasteiger partial charge in [-0.15, -0.1) is 0 Å². The highest BCUT2D eigenvalue weighted by molar-refractivity contribution is 9.10. The highest BCUT2D eigenvalue weighted by atomic mass is 79.9. The summed E-state index contributed by atoms with van der Waals surface area (Å²) in [4.78, 5) is 11.4. The molecule has 0 aliphatic rings. The molecule has 0 aromatic heterocycles. The quantitative estimate of drug-likeness (QED) is 0.289. The second kappa shape index (κ2) is 10.8. The minimum absolute atomic E-state index is 0.296. The number of amides is 1. The van der Waals surface area contributed by atoms with Crippen LogP contribution in [0.15, 0.2) is 22.7 Å². The van der Waals surface area contributed by atoms with Gasteiger partial charge in [0.25, 0.3) is 5.91 Å².